The highest BCUT2D eigenvalue weighted by Gasteiger charge is 2.21. The van der Waals surface area contributed by atoms with Gasteiger partial charge in [0.25, 0.3) is 0 Å². The minimum Gasteiger partial charge on any atom is -0.454 e. The van der Waals surface area contributed by atoms with E-state index in [0.717, 1.165) is 13.1 Å². The van der Waals surface area contributed by atoms with Gasteiger partial charge in [-0.1, -0.05) is 11.6 Å². The Kier molecular flexibility index (Phi) is 4.19. The molecule has 0 spiro atoms. The SMILES string of the molecule is O=C(CN1CCC(O)CC1)Nc1cc2c(cc1Cl)OCO2. The number of fused-ring (bicyclic) bond motifs is 1. The van der Waals surface area contributed by atoms with Crippen molar-refractivity contribution in [3.8, 4) is 11.5 Å². The van der Waals surface area contributed by atoms with Crippen LogP contribution in [-0.2, 0) is 4.79 Å². The summed E-state index contributed by atoms with van der Waals surface area (Å²) in [5.41, 5.74) is 0.517. The first-order valence-corrected chi connectivity index (χ1v) is 7.29. The van der Waals surface area contributed by atoms with E-state index in [2.05, 4.69) is 5.32 Å². The molecule has 6 nitrogen and oxygen atoms in total. The fraction of sp³-hybridized carbons (Fsp3) is 0.500. The predicted molar refractivity (Wildman–Crippen MR) is 77.9 cm³/mol. The molecular weight excluding hydrogens is 296 g/mol. The van der Waals surface area contributed by atoms with Gasteiger partial charge in [-0.05, 0) is 12.8 Å². The Bertz CT molecular complexity index is 544. The second-order valence-electron chi connectivity index (χ2n) is 5.24. The smallest absolute Gasteiger partial charge is 0.238 e. The maximum absolute atomic E-state index is 12.1. The summed E-state index contributed by atoms with van der Waals surface area (Å²) in [5.74, 6) is 1.03. The first-order valence-electron chi connectivity index (χ1n) is 6.91. The summed E-state index contributed by atoms with van der Waals surface area (Å²) in [6.07, 6.45) is 1.17. The molecule has 1 aromatic carbocycles. The molecule has 0 aliphatic carbocycles. The van der Waals surface area contributed by atoms with Crippen molar-refractivity contribution in [2.75, 3.05) is 31.7 Å². The van der Waals surface area contributed by atoms with Crippen LogP contribution in [0.25, 0.3) is 0 Å². The van der Waals surface area contributed by atoms with Crippen LogP contribution in [0, 0.1) is 0 Å². The van der Waals surface area contributed by atoms with Gasteiger partial charge in [-0.15, -0.1) is 0 Å². The number of nitrogens with zero attached hydrogens (tertiary/aromatic N) is 1. The summed E-state index contributed by atoms with van der Waals surface area (Å²) in [4.78, 5) is 14.1. The van der Waals surface area contributed by atoms with Gasteiger partial charge < -0.3 is 19.9 Å². The lowest BCUT2D eigenvalue weighted by Crippen LogP contribution is -2.40. The molecule has 1 fully saturated rings. The highest BCUT2D eigenvalue weighted by molar-refractivity contribution is 6.34. The van der Waals surface area contributed by atoms with Crippen LogP contribution < -0.4 is 14.8 Å². The molecule has 0 atom stereocenters. The number of aliphatic hydroxyl groups excluding tert-OH is 1. The number of anilines is 1. The summed E-state index contributed by atoms with van der Waals surface area (Å²) in [6, 6.07) is 3.30. The molecule has 0 unspecified atom stereocenters. The number of likely N-dealkylation sites (tertiary alicyclic amines) is 1. The lowest BCUT2D eigenvalue weighted by Gasteiger charge is -2.28. The summed E-state index contributed by atoms with van der Waals surface area (Å²) in [5, 5.41) is 12.7. The van der Waals surface area contributed by atoms with E-state index in [1.54, 1.807) is 12.1 Å². The molecule has 3 rings (SSSR count). The molecule has 2 aliphatic rings. The van der Waals surface area contributed by atoms with Crippen molar-refractivity contribution in [1.82, 2.24) is 4.90 Å². The number of hydrogen-bond donors (Lipinski definition) is 2. The van der Waals surface area contributed by atoms with E-state index < -0.39 is 0 Å². The Morgan fingerprint density at radius 3 is 2.71 bits per heavy atom. The number of amides is 1. The molecule has 2 heterocycles. The zero-order chi connectivity index (χ0) is 14.8. The second kappa shape index (κ2) is 6.09. The molecule has 0 saturated carbocycles. The lowest BCUT2D eigenvalue weighted by molar-refractivity contribution is -0.117. The highest BCUT2D eigenvalue weighted by Crippen LogP contribution is 2.39. The van der Waals surface area contributed by atoms with Crippen molar-refractivity contribution in [3.05, 3.63) is 17.2 Å². The van der Waals surface area contributed by atoms with Crippen LogP contribution in [0.4, 0.5) is 5.69 Å². The maximum Gasteiger partial charge on any atom is 0.238 e. The number of halogens is 1. The van der Waals surface area contributed by atoms with Gasteiger partial charge in [0.15, 0.2) is 11.5 Å². The van der Waals surface area contributed by atoms with Gasteiger partial charge >= 0.3 is 0 Å². The quantitative estimate of drug-likeness (QED) is 0.884. The van der Waals surface area contributed by atoms with E-state index in [1.165, 1.54) is 0 Å². The van der Waals surface area contributed by atoms with Gasteiger partial charge in [-0.25, -0.2) is 0 Å². The van der Waals surface area contributed by atoms with Crippen molar-refractivity contribution in [3.63, 3.8) is 0 Å². The van der Waals surface area contributed by atoms with E-state index in [1.807, 2.05) is 4.90 Å². The molecule has 0 bridgehead atoms. The average molecular weight is 313 g/mol. The number of carbonyl (C=O) groups excluding carboxylic acids is 1. The molecule has 1 saturated heterocycles. The van der Waals surface area contributed by atoms with E-state index >= 15 is 0 Å². The monoisotopic (exact) mass is 312 g/mol. The average Bonchev–Trinajstić information content (AvgIpc) is 2.89. The molecule has 2 N–H and O–H groups in total. The molecule has 7 heteroatoms. The van der Waals surface area contributed by atoms with Crippen LogP contribution in [0.5, 0.6) is 11.5 Å². The third-order valence-corrected chi connectivity index (χ3v) is 3.97. The number of nitrogens with one attached hydrogen (secondary N) is 1. The minimum absolute atomic E-state index is 0.132. The number of ether oxygens (including phenoxy) is 2. The molecule has 1 amide bonds. The number of piperidine rings is 1. The fourth-order valence-electron chi connectivity index (χ4n) is 2.48. The Balaban J connectivity index is 1.60. The van der Waals surface area contributed by atoms with Crippen molar-refractivity contribution < 1.29 is 19.4 Å². The number of carbonyl (C=O) groups is 1. The van der Waals surface area contributed by atoms with Gasteiger partial charge in [-0.3, -0.25) is 9.69 Å². The summed E-state index contributed by atoms with van der Waals surface area (Å²) >= 11 is 6.12. The summed E-state index contributed by atoms with van der Waals surface area (Å²) in [6.45, 7) is 1.91. The Labute approximate surface area is 127 Å². The fourth-order valence-corrected chi connectivity index (χ4v) is 2.68. The van der Waals surface area contributed by atoms with Gasteiger partial charge in [0, 0.05) is 25.2 Å². The molecular formula is C14H17ClN2O4. The lowest BCUT2D eigenvalue weighted by atomic mass is 10.1. The molecule has 1 aromatic rings. The van der Waals surface area contributed by atoms with Gasteiger partial charge in [0.2, 0.25) is 12.7 Å². The van der Waals surface area contributed by atoms with E-state index in [4.69, 9.17) is 21.1 Å². The third-order valence-electron chi connectivity index (χ3n) is 3.66. The Morgan fingerprint density at radius 2 is 2.00 bits per heavy atom. The topological polar surface area (TPSA) is 71.0 Å². The van der Waals surface area contributed by atoms with Crippen molar-refractivity contribution in [2.24, 2.45) is 0 Å². The van der Waals surface area contributed by atoms with Crippen LogP contribution in [-0.4, -0.2) is 48.4 Å². The minimum atomic E-state index is -0.243. The molecule has 21 heavy (non-hydrogen) atoms. The first-order chi connectivity index (χ1) is 10.1. The zero-order valence-corrected chi connectivity index (χ0v) is 12.2. The van der Waals surface area contributed by atoms with Crippen molar-refractivity contribution in [1.29, 1.82) is 0 Å². The van der Waals surface area contributed by atoms with Crippen LogP contribution in [0.2, 0.25) is 5.02 Å². The van der Waals surface area contributed by atoms with Gasteiger partial charge in [0.1, 0.15) is 0 Å². The number of benzene rings is 1. The van der Waals surface area contributed by atoms with Crippen molar-refractivity contribution in [2.45, 2.75) is 18.9 Å². The zero-order valence-electron chi connectivity index (χ0n) is 11.5. The molecule has 0 radical (unpaired) electrons. The Hall–Kier alpha value is -1.50. The third kappa shape index (κ3) is 3.40. The van der Waals surface area contributed by atoms with E-state index in [-0.39, 0.29) is 25.3 Å². The Morgan fingerprint density at radius 1 is 1.33 bits per heavy atom. The normalized spacial score (nSPS) is 18.8. The largest absolute Gasteiger partial charge is 0.454 e. The summed E-state index contributed by atoms with van der Waals surface area (Å²) in [7, 11) is 0. The number of rotatable bonds is 3. The van der Waals surface area contributed by atoms with Crippen LogP contribution in [0.3, 0.4) is 0 Å². The molecule has 114 valence electrons. The molecule has 2 aliphatic heterocycles. The van der Waals surface area contributed by atoms with Gasteiger partial charge in [0.05, 0.1) is 23.4 Å². The predicted octanol–water partition coefficient (Wildman–Crippen LogP) is 1.46. The van der Waals surface area contributed by atoms with Gasteiger partial charge in [-0.2, -0.15) is 0 Å². The van der Waals surface area contributed by atoms with Crippen LogP contribution >= 0.6 is 11.6 Å². The van der Waals surface area contributed by atoms with Crippen molar-refractivity contribution >= 4 is 23.2 Å². The van der Waals surface area contributed by atoms with E-state index in [0.29, 0.717) is 35.1 Å². The standard InChI is InChI=1S/C14H17ClN2O4/c15-10-5-12-13(21-8-20-12)6-11(10)16-14(19)7-17-3-1-9(18)2-4-17/h5-6,9,18H,1-4,7-8H2,(H,16,19). The second-order valence-corrected chi connectivity index (χ2v) is 5.65. The molecule has 0 aromatic heterocycles. The number of hydrogen-bond acceptors (Lipinski definition) is 5. The van der Waals surface area contributed by atoms with E-state index in [9.17, 15) is 9.90 Å². The van der Waals surface area contributed by atoms with Crippen LogP contribution in [0.15, 0.2) is 12.1 Å². The highest BCUT2D eigenvalue weighted by atomic mass is 35.5. The summed E-state index contributed by atoms with van der Waals surface area (Å²) < 4.78 is 10.5. The van der Waals surface area contributed by atoms with Crippen LogP contribution in [0.1, 0.15) is 12.8 Å². The first kappa shape index (κ1) is 14.4. The number of aliphatic hydroxyl groups is 1. The maximum atomic E-state index is 12.1.